The Labute approximate surface area is 88.0 Å². The molecule has 14 heavy (non-hydrogen) atoms. The summed E-state index contributed by atoms with van der Waals surface area (Å²) < 4.78 is 0. The van der Waals surface area contributed by atoms with Crippen LogP contribution < -0.4 is 18.9 Å². The molecule has 0 radical (unpaired) electrons. The van der Waals surface area contributed by atoms with Crippen molar-refractivity contribution in [2.24, 2.45) is 20.1 Å². The maximum atomic E-state index is 8.01. The van der Waals surface area contributed by atoms with Crippen LogP contribution in [0.2, 0.25) is 0 Å². The minimum Gasteiger partial charge on any atom is -0.282 e. The predicted molar refractivity (Wildman–Crippen MR) is 42.3 cm³/mol. The topological polar surface area (TPSA) is 195 Å². The zero-order valence-electron chi connectivity index (χ0n) is 6.94. The molecule has 0 bridgehead atoms. The van der Waals surface area contributed by atoms with Crippen LogP contribution in [0.15, 0.2) is 20.1 Å². The van der Waals surface area contributed by atoms with Gasteiger partial charge in [0.2, 0.25) is 0 Å². The fourth-order valence-electron chi connectivity index (χ4n) is 0.416. The first-order valence-corrected chi connectivity index (χ1v) is 2.63. The van der Waals surface area contributed by atoms with E-state index in [2.05, 4.69) is 39.7 Å². The summed E-state index contributed by atoms with van der Waals surface area (Å²) in [4.78, 5) is 8.89. The largest absolute Gasteiger partial charge is 1.00 e. The van der Waals surface area contributed by atoms with E-state index in [4.69, 9.17) is 22.1 Å². The van der Waals surface area contributed by atoms with Gasteiger partial charge in [0, 0.05) is 0 Å². The van der Waals surface area contributed by atoms with Crippen molar-refractivity contribution in [3.63, 3.8) is 0 Å². The van der Waals surface area contributed by atoms with Crippen molar-refractivity contribution in [3.05, 3.63) is 41.8 Å². The van der Waals surface area contributed by atoms with Crippen LogP contribution >= 0.6 is 0 Å². The van der Waals surface area contributed by atoms with Crippen molar-refractivity contribution < 1.29 is 18.9 Å². The Bertz CT molecular complexity index is 290. The molecule has 0 rings (SSSR count). The summed E-state index contributed by atoms with van der Waals surface area (Å²) in [6.45, 7) is -3.14. The van der Waals surface area contributed by atoms with E-state index in [1.54, 1.807) is 0 Å². The van der Waals surface area contributed by atoms with Gasteiger partial charge in [0.25, 0.3) is 0 Å². The molecule has 0 fully saturated rings. The summed E-state index contributed by atoms with van der Waals surface area (Å²) in [6.07, 6.45) is 0. The molecule has 0 saturated heterocycles. The van der Waals surface area contributed by atoms with E-state index < -0.39 is 6.69 Å². The minimum atomic E-state index is -3.14. The van der Waals surface area contributed by atoms with Crippen LogP contribution in [0, 0.1) is 0 Å². The molecule has 0 amide bonds. The average Bonchev–Trinajstić information content (AvgIpc) is 2.06. The van der Waals surface area contributed by atoms with Gasteiger partial charge in [-0.05, 0) is 41.8 Å². The molecule has 0 aromatic rings. The van der Waals surface area contributed by atoms with Crippen molar-refractivity contribution >= 4 is 6.69 Å². The van der Waals surface area contributed by atoms with Crippen LogP contribution in [0.4, 0.5) is 0 Å². The Balaban J connectivity index is 0. The quantitative estimate of drug-likeness (QED) is 0.240. The molecular weight excluding hydrogens is 186 g/mol. The third kappa shape index (κ3) is 4.06. The number of hydrogen-bond donors (Lipinski definition) is 0. The van der Waals surface area contributed by atoms with E-state index in [0.717, 1.165) is 0 Å². The van der Waals surface area contributed by atoms with Gasteiger partial charge in [-0.25, -0.2) is 0 Å². The third-order valence-electron chi connectivity index (χ3n) is 0.826. The average molecular weight is 186 g/mol. The molecule has 64 valence electrons. The van der Waals surface area contributed by atoms with E-state index in [1.807, 2.05) is 0 Å². The van der Waals surface area contributed by atoms with Crippen molar-refractivity contribution in [2.45, 2.75) is 0 Å². The maximum Gasteiger partial charge on any atom is 1.00 e. The summed E-state index contributed by atoms with van der Waals surface area (Å²) in [6, 6.07) is 0. The minimum absolute atomic E-state index is 0. The fraction of sp³-hybridized carbons (Fsp3) is 0. The second-order valence-electron chi connectivity index (χ2n) is 1.51. The molecule has 12 nitrogen and oxygen atoms in total. The van der Waals surface area contributed by atoms with Crippen molar-refractivity contribution in [3.8, 4) is 0 Å². The van der Waals surface area contributed by atoms with Gasteiger partial charge in [0.15, 0.2) is 0 Å². The summed E-state index contributed by atoms with van der Waals surface area (Å²) >= 11 is 0. The molecule has 0 N–H and O–H groups in total. The zero-order valence-corrected chi connectivity index (χ0v) is 6.94. The Hall–Kier alpha value is -2.10. The molecule has 0 saturated carbocycles. The van der Waals surface area contributed by atoms with E-state index in [0.29, 0.717) is 0 Å². The van der Waals surface area contributed by atoms with Gasteiger partial charge in [-0.15, -0.1) is 0 Å². The van der Waals surface area contributed by atoms with Gasteiger partial charge >= 0.3 is 25.5 Å². The zero-order chi connectivity index (χ0) is 10.2. The van der Waals surface area contributed by atoms with E-state index in [9.17, 15) is 0 Å². The predicted octanol–water partition coefficient (Wildman–Crippen LogP) is -0.333. The summed E-state index contributed by atoms with van der Waals surface area (Å²) in [7, 11) is 0. The normalized spacial score (nSPS) is 10.9. The van der Waals surface area contributed by atoms with E-state index >= 15 is 0 Å². The summed E-state index contributed by atoms with van der Waals surface area (Å²) in [5.74, 6) is 0. The van der Waals surface area contributed by atoms with Gasteiger partial charge < -0.3 is 0 Å². The van der Waals surface area contributed by atoms with E-state index in [-0.39, 0.29) is 18.9 Å². The first-order valence-electron chi connectivity index (χ1n) is 2.63. The summed E-state index contributed by atoms with van der Waals surface area (Å²) in [5, 5.41) is 11.2. The fourth-order valence-corrected chi connectivity index (χ4v) is 0.416. The first-order chi connectivity index (χ1) is 6.24. The van der Waals surface area contributed by atoms with E-state index in [1.165, 1.54) is 0 Å². The molecule has 0 unspecified atom stereocenters. The van der Waals surface area contributed by atoms with Crippen molar-refractivity contribution in [2.75, 3.05) is 0 Å². The van der Waals surface area contributed by atoms with Gasteiger partial charge in [-0.3, -0.25) is 20.1 Å². The molecule has 0 aromatic heterocycles. The van der Waals surface area contributed by atoms with Crippen LogP contribution in [-0.2, 0) is 0 Å². The molecule has 0 atom stereocenters. The Morgan fingerprint density at radius 1 is 0.643 bits per heavy atom. The number of hydrogen-bond acceptors (Lipinski definition) is 4. The molecule has 0 spiro atoms. The Kier molecular flexibility index (Phi) is 7.78. The van der Waals surface area contributed by atoms with Gasteiger partial charge in [0.05, 0.1) is 0 Å². The number of rotatable bonds is 4. The van der Waals surface area contributed by atoms with Crippen LogP contribution in [0.1, 0.15) is 0 Å². The Morgan fingerprint density at radius 3 is 1.00 bits per heavy atom. The molecule has 0 aliphatic carbocycles. The van der Waals surface area contributed by atoms with Crippen LogP contribution in [0.3, 0.4) is 0 Å². The monoisotopic (exact) mass is 186 g/mol. The number of azide groups is 1. The van der Waals surface area contributed by atoms with Gasteiger partial charge in [-0.1, -0.05) is 0 Å². The maximum absolute atomic E-state index is 8.01. The van der Waals surface area contributed by atoms with Crippen LogP contribution in [0.5, 0.6) is 0 Å². The molecule has 0 aliphatic rings. The van der Waals surface area contributed by atoms with Gasteiger partial charge in [-0.2, -0.15) is 0 Å². The smallest absolute Gasteiger partial charge is 0.282 e. The summed E-state index contributed by atoms with van der Waals surface area (Å²) in [5.41, 5.74) is 32.0. The standard InChI is InChI=1S/BN12.Li/c2-10-6-1(7-11-3,8-12-4)9-13-5;/q-1;+1. The number of nitrogens with zero attached hydrogens (tertiary/aromatic N) is 12. The molecular formula is BLiN12. The second kappa shape index (κ2) is 7.55. The molecule has 0 aromatic carbocycles. The first kappa shape index (κ1) is 14.4. The van der Waals surface area contributed by atoms with Gasteiger partial charge in [0.1, 0.15) is 0 Å². The van der Waals surface area contributed by atoms with Crippen molar-refractivity contribution in [1.29, 1.82) is 0 Å². The SMILES string of the molecule is [Li+].[N-]=[N+]=N[B-](N=[N+]=[N-])(N=[N+]=[N-])N=[N+]=[N-]. The molecule has 14 heteroatoms. The molecule has 0 heterocycles. The van der Waals surface area contributed by atoms with Crippen LogP contribution in [0.25, 0.3) is 41.8 Å². The second-order valence-corrected chi connectivity index (χ2v) is 1.51. The van der Waals surface area contributed by atoms with Crippen molar-refractivity contribution in [1.82, 2.24) is 0 Å². The van der Waals surface area contributed by atoms with Crippen LogP contribution in [-0.4, -0.2) is 6.69 Å². The Morgan fingerprint density at radius 2 is 0.857 bits per heavy atom. The molecule has 0 aliphatic heterocycles. The third-order valence-corrected chi connectivity index (χ3v) is 0.826.